The summed E-state index contributed by atoms with van der Waals surface area (Å²) in [6, 6.07) is 22.3. The number of urea groups is 1. The Labute approximate surface area is 161 Å². The van der Waals surface area contributed by atoms with Crippen LogP contribution < -0.4 is 15.4 Å². The van der Waals surface area contributed by atoms with Gasteiger partial charge < -0.3 is 15.4 Å². The second-order valence-corrected chi connectivity index (χ2v) is 6.89. The number of carbonyl (C=O) groups excluding carboxylic acids is 1. The van der Waals surface area contributed by atoms with Crippen LogP contribution in [0.3, 0.4) is 0 Å². The molecular weight excluding hydrogens is 368 g/mol. The van der Waals surface area contributed by atoms with Crippen molar-refractivity contribution >= 4 is 40.8 Å². The number of halogens is 1. The van der Waals surface area contributed by atoms with E-state index in [0.29, 0.717) is 16.5 Å². The molecule has 2 amide bonds. The maximum Gasteiger partial charge on any atom is 0.323 e. The molecule has 3 aromatic carbocycles. The van der Waals surface area contributed by atoms with Crippen molar-refractivity contribution in [3.63, 3.8) is 0 Å². The van der Waals surface area contributed by atoms with E-state index in [1.165, 1.54) is 7.11 Å². The Morgan fingerprint density at radius 2 is 1.62 bits per heavy atom. The van der Waals surface area contributed by atoms with Gasteiger partial charge in [-0.15, -0.1) is 0 Å². The number of hydrogen-bond acceptors (Lipinski definition) is 3. The average molecular weight is 385 g/mol. The summed E-state index contributed by atoms with van der Waals surface area (Å²) in [6.07, 6.45) is 0. The van der Waals surface area contributed by atoms with Crippen molar-refractivity contribution in [1.82, 2.24) is 0 Å². The first-order valence-electron chi connectivity index (χ1n) is 7.89. The minimum atomic E-state index is -0.369. The molecule has 0 atom stereocenters. The van der Waals surface area contributed by atoms with Gasteiger partial charge in [-0.2, -0.15) is 0 Å². The van der Waals surface area contributed by atoms with Crippen LogP contribution in [0.25, 0.3) is 0 Å². The normalized spacial score (nSPS) is 10.2. The molecule has 0 saturated carbocycles. The SMILES string of the molecule is COc1ccc(Cl)cc1NC(=O)Nc1ccccc1Sc1ccccc1. The fraction of sp³-hybridized carbons (Fsp3) is 0.0500. The van der Waals surface area contributed by atoms with Gasteiger partial charge >= 0.3 is 6.03 Å². The first-order valence-corrected chi connectivity index (χ1v) is 9.08. The van der Waals surface area contributed by atoms with Crippen molar-refractivity contribution in [1.29, 1.82) is 0 Å². The quantitative estimate of drug-likeness (QED) is 0.555. The van der Waals surface area contributed by atoms with E-state index in [2.05, 4.69) is 10.6 Å². The highest BCUT2D eigenvalue weighted by atomic mass is 35.5. The van der Waals surface area contributed by atoms with E-state index in [-0.39, 0.29) is 6.03 Å². The number of nitrogens with one attached hydrogen (secondary N) is 2. The third-order valence-corrected chi connectivity index (χ3v) is 4.83. The van der Waals surface area contributed by atoms with Gasteiger partial charge in [-0.05, 0) is 42.5 Å². The molecule has 26 heavy (non-hydrogen) atoms. The standard InChI is InChI=1S/C20H17ClN2O2S/c1-25-18-12-11-14(21)13-17(18)23-20(24)22-16-9-5-6-10-19(16)26-15-7-3-2-4-8-15/h2-13H,1H3,(H2,22,23,24). The zero-order valence-corrected chi connectivity index (χ0v) is 15.6. The van der Waals surface area contributed by atoms with Gasteiger partial charge in [0.05, 0.1) is 18.5 Å². The summed E-state index contributed by atoms with van der Waals surface area (Å²) in [7, 11) is 1.54. The largest absolute Gasteiger partial charge is 0.495 e. The molecule has 0 fully saturated rings. The lowest BCUT2D eigenvalue weighted by Crippen LogP contribution is -2.20. The number of methoxy groups -OCH3 is 1. The minimum absolute atomic E-state index is 0.369. The van der Waals surface area contributed by atoms with Crippen LogP contribution in [-0.2, 0) is 0 Å². The van der Waals surface area contributed by atoms with Crippen LogP contribution in [0.15, 0.2) is 82.6 Å². The van der Waals surface area contributed by atoms with Crippen molar-refractivity contribution in [2.24, 2.45) is 0 Å². The maximum atomic E-state index is 12.4. The maximum absolute atomic E-state index is 12.4. The van der Waals surface area contributed by atoms with Crippen molar-refractivity contribution in [2.45, 2.75) is 9.79 Å². The highest BCUT2D eigenvalue weighted by molar-refractivity contribution is 7.99. The number of amides is 2. The van der Waals surface area contributed by atoms with E-state index in [0.717, 1.165) is 15.5 Å². The van der Waals surface area contributed by atoms with E-state index in [1.54, 1.807) is 30.0 Å². The molecular formula is C20H17ClN2O2S. The summed E-state index contributed by atoms with van der Waals surface area (Å²) in [5.41, 5.74) is 1.23. The average Bonchev–Trinajstić information content (AvgIpc) is 2.64. The predicted octanol–water partition coefficient (Wildman–Crippen LogP) is 6.14. The van der Waals surface area contributed by atoms with E-state index in [9.17, 15) is 4.79 Å². The summed E-state index contributed by atoms with van der Waals surface area (Å²) >= 11 is 7.59. The molecule has 0 aliphatic rings. The molecule has 3 rings (SSSR count). The Balaban J connectivity index is 1.75. The van der Waals surface area contributed by atoms with Gasteiger partial charge in [-0.3, -0.25) is 0 Å². The molecule has 2 N–H and O–H groups in total. The molecule has 132 valence electrons. The molecule has 4 nitrogen and oxygen atoms in total. The molecule has 0 aliphatic heterocycles. The molecule has 3 aromatic rings. The van der Waals surface area contributed by atoms with Gasteiger partial charge in [0.25, 0.3) is 0 Å². The molecule has 0 heterocycles. The summed E-state index contributed by atoms with van der Waals surface area (Å²) < 4.78 is 5.25. The van der Waals surface area contributed by atoms with Crippen LogP contribution in [0.5, 0.6) is 5.75 Å². The summed E-state index contributed by atoms with van der Waals surface area (Å²) in [5.74, 6) is 0.538. The topological polar surface area (TPSA) is 50.4 Å². The fourth-order valence-electron chi connectivity index (χ4n) is 2.33. The van der Waals surface area contributed by atoms with E-state index in [1.807, 2.05) is 54.6 Å². The number of hydrogen-bond donors (Lipinski definition) is 2. The summed E-state index contributed by atoms with van der Waals surface area (Å²) in [5, 5.41) is 6.17. The molecule has 0 bridgehead atoms. The molecule has 0 saturated heterocycles. The highest BCUT2D eigenvalue weighted by Crippen LogP contribution is 2.33. The summed E-state index contributed by atoms with van der Waals surface area (Å²) in [6.45, 7) is 0. The zero-order chi connectivity index (χ0) is 18.4. The van der Waals surface area contributed by atoms with E-state index in [4.69, 9.17) is 16.3 Å². The first-order chi connectivity index (χ1) is 12.7. The number of rotatable bonds is 5. The zero-order valence-electron chi connectivity index (χ0n) is 14.0. The van der Waals surface area contributed by atoms with Gasteiger partial charge in [-0.1, -0.05) is 53.7 Å². The molecule has 0 spiro atoms. The number of ether oxygens (including phenoxy) is 1. The Bertz CT molecular complexity index is 903. The fourth-order valence-corrected chi connectivity index (χ4v) is 3.42. The summed E-state index contributed by atoms with van der Waals surface area (Å²) in [4.78, 5) is 14.5. The van der Waals surface area contributed by atoms with Crippen molar-refractivity contribution in [2.75, 3.05) is 17.7 Å². The third kappa shape index (κ3) is 4.71. The Morgan fingerprint density at radius 1 is 0.923 bits per heavy atom. The number of anilines is 2. The molecule has 0 aliphatic carbocycles. The van der Waals surface area contributed by atoms with Crippen LogP contribution >= 0.6 is 23.4 Å². The molecule has 0 radical (unpaired) electrons. The van der Waals surface area contributed by atoms with Crippen LogP contribution in [0.2, 0.25) is 5.02 Å². The first kappa shape index (κ1) is 18.2. The minimum Gasteiger partial charge on any atom is -0.495 e. The number of para-hydroxylation sites is 1. The Kier molecular flexibility index (Phi) is 6.04. The Hall–Kier alpha value is -2.63. The van der Waals surface area contributed by atoms with Crippen LogP contribution in [0.1, 0.15) is 0 Å². The predicted molar refractivity (Wildman–Crippen MR) is 108 cm³/mol. The second kappa shape index (κ2) is 8.65. The van der Waals surface area contributed by atoms with Gasteiger partial charge in [0.1, 0.15) is 5.75 Å². The van der Waals surface area contributed by atoms with Gasteiger partial charge in [0, 0.05) is 14.8 Å². The van der Waals surface area contributed by atoms with Gasteiger partial charge in [-0.25, -0.2) is 4.79 Å². The van der Waals surface area contributed by atoms with Gasteiger partial charge in [0.15, 0.2) is 0 Å². The van der Waals surface area contributed by atoms with Gasteiger partial charge in [0.2, 0.25) is 0 Å². The highest BCUT2D eigenvalue weighted by Gasteiger charge is 2.11. The van der Waals surface area contributed by atoms with Crippen molar-refractivity contribution in [3.05, 3.63) is 77.8 Å². The van der Waals surface area contributed by atoms with Crippen molar-refractivity contribution in [3.8, 4) is 5.75 Å². The molecule has 0 aromatic heterocycles. The number of benzene rings is 3. The molecule has 6 heteroatoms. The lowest BCUT2D eigenvalue weighted by molar-refractivity contribution is 0.262. The number of carbonyl (C=O) groups is 1. The van der Waals surface area contributed by atoms with E-state index < -0.39 is 0 Å². The third-order valence-electron chi connectivity index (χ3n) is 3.52. The second-order valence-electron chi connectivity index (χ2n) is 5.34. The Morgan fingerprint density at radius 3 is 2.38 bits per heavy atom. The van der Waals surface area contributed by atoms with Crippen molar-refractivity contribution < 1.29 is 9.53 Å². The van der Waals surface area contributed by atoms with E-state index >= 15 is 0 Å². The monoisotopic (exact) mass is 384 g/mol. The van der Waals surface area contributed by atoms with Crippen LogP contribution in [-0.4, -0.2) is 13.1 Å². The van der Waals surface area contributed by atoms with Crippen LogP contribution in [0.4, 0.5) is 16.2 Å². The van der Waals surface area contributed by atoms with Crippen LogP contribution in [0, 0.1) is 0 Å². The lowest BCUT2D eigenvalue weighted by atomic mass is 10.3. The molecule has 0 unspecified atom stereocenters. The lowest BCUT2D eigenvalue weighted by Gasteiger charge is -2.13. The smallest absolute Gasteiger partial charge is 0.323 e.